The van der Waals surface area contributed by atoms with Crippen LogP contribution in [0.25, 0.3) is 22.6 Å². The van der Waals surface area contributed by atoms with Gasteiger partial charge >= 0.3 is 0 Å². The molecule has 2 fully saturated rings. The lowest BCUT2D eigenvalue weighted by Crippen LogP contribution is -2.43. The van der Waals surface area contributed by atoms with Gasteiger partial charge in [-0.1, -0.05) is 66.7 Å². The van der Waals surface area contributed by atoms with Crippen molar-refractivity contribution >= 4 is 40.3 Å². The van der Waals surface area contributed by atoms with E-state index in [9.17, 15) is 19.2 Å². The zero-order chi connectivity index (χ0) is 35.2. The predicted molar refractivity (Wildman–Crippen MR) is 196 cm³/mol. The number of fused-ring (bicyclic) bond motifs is 1. The van der Waals surface area contributed by atoms with E-state index in [4.69, 9.17) is 9.40 Å². The van der Waals surface area contributed by atoms with Crippen LogP contribution >= 0.6 is 0 Å². The monoisotopic (exact) mass is 682 g/mol. The van der Waals surface area contributed by atoms with E-state index in [2.05, 4.69) is 5.32 Å². The predicted octanol–water partition coefficient (Wildman–Crippen LogP) is 6.79. The van der Waals surface area contributed by atoms with Crippen LogP contribution in [0.4, 0.5) is 5.69 Å². The maximum Gasteiger partial charge on any atom is 0.247 e. The van der Waals surface area contributed by atoms with Gasteiger partial charge in [0.15, 0.2) is 11.4 Å². The molecule has 1 aromatic heterocycles. The van der Waals surface area contributed by atoms with Crippen molar-refractivity contribution in [3.63, 3.8) is 0 Å². The number of carbonyl (C=O) groups is 4. The van der Waals surface area contributed by atoms with Gasteiger partial charge in [-0.2, -0.15) is 0 Å². The van der Waals surface area contributed by atoms with Crippen LogP contribution in [0, 0.1) is 0 Å². The molecule has 2 atom stereocenters. The SMILES string of the molecule is O=C(Cc1ccc2oc(-c3ccc(NC(=O)[C@@H]4CCCN4C(=O)CCc4ccccc4)cc3)nc2c1)[C@@H]1CCCN1C(=O)CCc1ccccc1. The second kappa shape index (κ2) is 15.5. The Hall–Kier alpha value is -5.57. The van der Waals surface area contributed by atoms with Crippen LogP contribution in [0.3, 0.4) is 0 Å². The topological polar surface area (TPSA) is 113 Å². The molecule has 9 heteroatoms. The summed E-state index contributed by atoms with van der Waals surface area (Å²) in [5.41, 5.74) is 5.68. The quantitative estimate of drug-likeness (QED) is 0.155. The number of aromatic nitrogens is 1. The highest BCUT2D eigenvalue weighted by molar-refractivity contribution is 5.97. The van der Waals surface area contributed by atoms with E-state index in [0.29, 0.717) is 74.3 Å². The summed E-state index contributed by atoms with van der Waals surface area (Å²) >= 11 is 0. The van der Waals surface area contributed by atoms with Gasteiger partial charge in [0.1, 0.15) is 11.6 Å². The summed E-state index contributed by atoms with van der Waals surface area (Å²) in [6.45, 7) is 1.21. The number of oxazole rings is 1. The second-order valence-electron chi connectivity index (χ2n) is 13.5. The molecule has 260 valence electrons. The molecule has 4 aromatic carbocycles. The van der Waals surface area contributed by atoms with Crippen molar-refractivity contribution in [1.82, 2.24) is 14.8 Å². The first-order valence-corrected chi connectivity index (χ1v) is 17.9. The van der Waals surface area contributed by atoms with Gasteiger partial charge in [0, 0.05) is 43.6 Å². The van der Waals surface area contributed by atoms with E-state index >= 15 is 0 Å². The Morgan fingerprint density at radius 2 is 1.27 bits per heavy atom. The first-order valence-electron chi connectivity index (χ1n) is 17.9. The largest absolute Gasteiger partial charge is 0.436 e. The summed E-state index contributed by atoms with van der Waals surface area (Å²) in [6, 6.07) is 31.8. The first-order chi connectivity index (χ1) is 24.9. The maximum atomic E-state index is 13.4. The highest BCUT2D eigenvalue weighted by Crippen LogP contribution is 2.28. The first kappa shape index (κ1) is 33.9. The fraction of sp³-hybridized carbons (Fsp3) is 0.310. The Morgan fingerprint density at radius 3 is 1.90 bits per heavy atom. The number of Topliss-reactive ketones (excluding diaryl/α,β-unsaturated/α-hetero) is 1. The number of aryl methyl sites for hydroxylation is 2. The summed E-state index contributed by atoms with van der Waals surface area (Å²) in [6.07, 6.45) is 5.26. The average molecular weight is 683 g/mol. The molecule has 3 amide bonds. The summed E-state index contributed by atoms with van der Waals surface area (Å²) in [5, 5.41) is 2.98. The summed E-state index contributed by atoms with van der Waals surface area (Å²) in [4.78, 5) is 60.8. The number of benzene rings is 4. The summed E-state index contributed by atoms with van der Waals surface area (Å²) in [5.74, 6) is 0.318. The number of nitrogens with one attached hydrogen (secondary N) is 1. The van der Waals surface area contributed by atoms with Crippen molar-refractivity contribution in [3.8, 4) is 11.5 Å². The lowest BCUT2D eigenvalue weighted by molar-refractivity contribution is -0.137. The number of nitrogens with zero attached hydrogens (tertiary/aromatic N) is 3. The molecular weight excluding hydrogens is 640 g/mol. The van der Waals surface area contributed by atoms with Gasteiger partial charge in [-0.3, -0.25) is 19.2 Å². The Kier molecular flexibility index (Phi) is 10.3. The number of carbonyl (C=O) groups excluding carboxylic acids is 4. The normalized spacial score (nSPS) is 17.2. The van der Waals surface area contributed by atoms with E-state index in [0.717, 1.165) is 35.1 Å². The Morgan fingerprint density at radius 1 is 0.686 bits per heavy atom. The van der Waals surface area contributed by atoms with Gasteiger partial charge < -0.3 is 19.5 Å². The number of rotatable bonds is 12. The summed E-state index contributed by atoms with van der Waals surface area (Å²) in [7, 11) is 0. The zero-order valence-corrected chi connectivity index (χ0v) is 28.6. The zero-order valence-electron chi connectivity index (χ0n) is 28.6. The molecule has 0 spiro atoms. The number of hydrogen-bond acceptors (Lipinski definition) is 6. The third-order valence-corrected chi connectivity index (χ3v) is 9.99. The molecule has 0 bridgehead atoms. The number of amides is 3. The minimum Gasteiger partial charge on any atom is -0.436 e. The van der Waals surface area contributed by atoms with Crippen molar-refractivity contribution < 1.29 is 23.6 Å². The molecule has 2 aliphatic heterocycles. The van der Waals surface area contributed by atoms with E-state index in [1.165, 1.54) is 0 Å². The molecule has 7 rings (SSSR count). The number of likely N-dealkylation sites (tertiary alicyclic amines) is 2. The molecule has 0 radical (unpaired) electrons. The van der Waals surface area contributed by atoms with Crippen LogP contribution in [-0.4, -0.2) is 63.5 Å². The van der Waals surface area contributed by atoms with Crippen molar-refractivity contribution in [2.75, 3.05) is 18.4 Å². The van der Waals surface area contributed by atoms with Crippen molar-refractivity contribution in [1.29, 1.82) is 0 Å². The minimum absolute atomic E-state index is 0.000440. The second-order valence-corrected chi connectivity index (χ2v) is 13.5. The highest BCUT2D eigenvalue weighted by Gasteiger charge is 2.35. The van der Waals surface area contributed by atoms with Gasteiger partial charge in [-0.15, -0.1) is 0 Å². The smallest absolute Gasteiger partial charge is 0.247 e. The highest BCUT2D eigenvalue weighted by atomic mass is 16.3. The molecule has 51 heavy (non-hydrogen) atoms. The maximum absolute atomic E-state index is 13.4. The van der Waals surface area contributed by atoms with Crippen LogP contribution in [0.5, 0.6) is 0 Å². The third kappa shape index (κ3) is 8.09. The van der Waals surface area contributed by atoms with Gasteiger partial charge in [0.2, 0.25) is 23.6 Å². The van der Waals surface area contributed by atoms with Gasteiger partial charge in [0.25, 0.3) is 0 Å². The van der Waals surface area contributed by atoms with Crippen LogP contribution in [-0.2, 0) is 38.4 Å². The standard InChI is InChI=1S/C42H42N4O5/c47-37(35-13-7-25-45(35)39(48)23-16-29-9-3-1-4-10-29)28-31-15-22-38-34(27-31)44-42(51-38)32-18-20-33(21-19-32)43-41(50)36-14-8-26-46(36)40(49)24-17-30-11-5-2-6-12-30/h1-6,9-12,15,18-22,27,35-36H,7-8,13-14,16-17,23-26,28H2,(H,43,50)/t35-,36-/m0/s1. The van der Waals surface area contributed by atoms with Crippen LogP contribution in [0.15, 0.2) is 108 Å². The molecule has 3 heterocycles. The number of hydrogen-bond donors (Lipinski definition) is 1. The molecule has 0 saturated carbocycles. The lowest BCUT2D eigenvalue weighted by Gasteiger charge is -2.24. The molecule has 5 aromatic rings. The van der Waals surface area contributed by atoms with E-state index < -0.39 is 12.1 Å². The van der Waals surface area contributed by atoms with Gasteiger partial charge in [-0.25, -0.2) is 4.98 Å². The van der Waals surface area contributed by atoms with Crippen LogP contribution in [0.2, 0.25) is 0 Å². The van der Waals surface area contributed by atoms with Gasteiger partial charge in [-0.05, 0) is 91.6 Å². The summed E-state index contributed by atoms with van der Waals surface area (Å²) < 4.78 is 6.04. The van der Waals surface area contributed by atoms with E-state index in [1.54, 1.807) is 21.9 Å². The number of ketones is 1. The minimum atomic E-state index is -0.483. The van der Waals surface area contributed by atoms with E-state index in [1.807, 2.05) is 91.0 Å². The fourth-order valence-corrected chi connectivity index (χ4v) is 7.26. The molecule has 2 aliphatic rings. The average Bonchev–Trinajstić information content (AvgIpc) is 3.94. The van der Waals surface area contributed by atoms with E-state index in [-0.39, 0.29) is 29.9 Å². The van der Waals surface area contributed by atoms with Crippen molar-refractivity contribution in [2.45, 2.75) is 69.9 Å². The molecule has 0 unspecified atom stereocenters. The Balaban J connectivity index is 0.939. The van der Waals surface area contributed by atoms with Crippen molar-refractivity contribution in [2.24, 2.45) is 0 Å². The lowest BCUT2D eigenvalue weighted by atomic mass is 10.0. The van der Waals surface area contributed by atoms with Gasteiger partial charge in [0.05, 0.1) is 6.04 Å². The molecular formula is C42H42N4O5. The molecule has 2 saturated heterocycles. The van der Waals surface area contributed by atoms with Crippen molar-refractivity contribution in [3.05, 3.63) is 120 Å². The van der Waals surface area contributed by atoms with Crippen LogP contribution < -0.4 is 5.32 Å². The fourth-order valence-electron chi connectivity index (χ4n) is 7.26. The molecule has 1 N–H and O–H groups in total. The molecule has 9 nitrogen and oxygen atoms in total. The van der Waals surface area contributed by atoms with Crippen LogP contribution in [0.1, 0.15) is 55.2 Å². The number of anilines is 1. The Labute approximate surface area is 297 Å². The Bertz CT molecular complexity index is 2010. The third-order valence-electron chi connectivity index (χ3n) is 9.99. The molecule has 0 aliphatic carbocycles.